The van der Waals surface area contributed by atoms with Crippen molar-refractivity contribution in [1.82, 2.24) is 4.90 Å². The molecule has 4 heteroatoms. The third-order valence-corrected chi connectivity index (χ3v) is 3.71. The minimum absolute atomic E-state index is 0. The van der Waals surface area contributed by atoms with E-state index in [1.807, 2.05) is 0 Å². The van der Waals surface area contributed by atoms with Crippen LogP contribution in [0.25, 0.3) is 0 Å². The predicted octanol–water partition coefficient (Wildman–Crippen LogP) is 2.84. The maximum absolute atomic E-state index is 5.70. The van der Waals surface area contributed by atoms with Crippen LogP contribution in [0.5, 0.6) is 0 Å². The molecule has 0 saturated carbocycles. The topological polar surface area (TPSA) is 29.3 Å². The van der Waals surface area contributed by atoms with Gasteiger partial charge >= 0.3 is 0 Å². The Kier molecular flexibility index (Phi) is 5.92. The molecule has 0 atom stereocenters. The van der Waals surface area contributed by atoms with Crippen molar-refractivity contribution in [2.45, 2.75) is 19.4 Å². The fourth-order valence-corrected chi connectivity index (χ4v) is 2.56. The van der Waals surface area contributed by atoms with E-state index in [2.05, 4.69) is 41.3 Å². The zero-order valence-electron chi connectivity index (χ0n) is 10.8. The maximum atomic E-state index is 5.70. The van der Waals surface area contributed by atoms with Crippen molar-refractivity contribution in [3.05, 3.63) is 58.8 Å². The zero-order chi connectivity index (χ0) is 11.7. The number of nitrogens with zero attached hydrogens (tertiary/aromatic N) is 1. The lowest BCUT2D eigenvalue weighted by molar-refractivity contribution is 0.370. The van der Waals surface area contributed by atoms with Crippen molar-refractivity contribution in [1.29, 1.82) is 0 Å². The summed E-state index contributed by atoms with van der Waals surface area (Å²) in [5.41, 5.74) is 11.3. The molecule has 1 aliphatic carbocycles. The highest BCUT2D eigenvalue weighted by molar-refractivity contribution is 5.85. The van der Waals surface area contributed by atoms with Crippen LogP contribution in [0.1, 0.15) is 16.7 Å². The van der Waals surface area contributed by atoms with Gasteiger partial charge in [-0.2, -0.15) is 0 Å². The van der Waals surface area contributed by atoms with Gasteiger partial charge in [-0.15, -0.1) is 24.8 Å². The minimum Gasteiger partial charge on any atom is -0.371 e. The lowest BCUT2D eigenvalue weighted by atomic mass is 10.0. The molecule has 19 heavy (non-hydrogen) atoms. The second kappa shape index (κ2) is 6.99. The highest BCUT2D eigenvalue weighted by Gasteiger charge is 2.16. The fraction of sp³-hybridized carbons (Fsp3) is 0.333. The summed E-state index contributed by atoms with van der Waals surface area (Å²) >= 11 is 0. The molecule has 1 aromatic carbocycles. The van der Waals surface area contributed by atoms with Gasteiger partial charge in [-0.25, -0.2) is 0 Å². The Hall–Kier alpha value is -0.960. The van der Waals surface area contributed by atoms with Crippen LogP contribution in [0.2, 0.25) is 0 Å². The standard InChI is InChI=1S/C15H18N2.2ClH/c16-11-12-4-5-13-6-8-17(15-2-1-3-15)9-7-14(13)10-12;;/h1-5,10H,6-9,11,16H2;2*1H. The summed E-state index contributed by atoms with van der Waals surface area (Å²) in [6.45, 7) is 2.90. The average molecular weight is 299 g/mol. The van der Waals surface area contributed by atoms with Crippen LogP contribution in [0, 0.1) is 0 Å². The fourth-order valence-electron chi connectivity index (χ4n) is 2.56. The van der Waals surface area contributed by atoms with Gasteiger partial charge in [0.15, 0.2) is 0 Å². The van der Waals surface area contributed by atoms with Crippen molar-refractivity contribution < 1.29 is 0 Å². The van der Waals surface area contributed by atoms with Gasteiger partial charge in [-0.1, -0.05) is 24.3 Å². The molecule has 104 valence electrons. The van der Waals surface area contributed by atoms with E-state index in [-0.39, 0.29) is 24.8 Å². The van der Waals surface area contributed by atoms with E-state index in [0.717, 1.165) is 25.9 Å². The Balaban J connectivity index is 0.000000902. The van der Waals surface area contributed by atoms with E-state index in [4.69, 9.17) is 5.73 Å². The molecule has 0 bridgehead atoms. The summed E-state index contributed by atoms with van der Waals surface area (Å²) in [5, 5.41) is 0. The van der Waals surface area contributed by atoms with Gasteiger partial charge in [-0.05, 0) is 41.7 Å². The van der Waals surface area contributed by atoms with Crippen LogP contribution in [0.15, 0.2) is 42.1 Å². The van der Waals surface area contributed by atoms with Gasteiger partial charge in [0.2, 0.25) is 0 Å². The minimum atomic E-state index is 0. The Morgan fingerprint density at radius 1 is 1.05 bits per heavy atom. The molecule has 1 aromatic rings. The molecule has 1 heterocycles. The molecule has 3 rings (SSSR count). The molecule has 2 aliphatic rings. The normalized spacial score (nSPS) is 16.3. The Bertz CT molecular complexity index is 495. The zero-order valence-corrected chi connectivity index (χ0v) is 12.5. The molecular weight excluding hydrogens is 279 g/mol. The summed E-state index contributed by atoms with van der Waals surface area (Å²) in [6.07, 6.45) is 8.78. The van der Waals surface area contributed by atoms with Crippen LogP contribution in [0.3, 0.4) is 0 Å². The SMILES string of the molecule is Cl.Cl.NCc1ccc2c(c1)CCN(C1=CC=C1)CC2. The number of hydrogen-bond acceptors (Lipinski definition) is 2. The van der Waals surface area contributed by atoms with Gasteiger partial charge in [0.1, 0.15) is 0 Å². The molecule has 2 nitrogen and oxygen atoms in total. The molecule has 0 radical (unpaired) electrons. The number of nitrogens with two attached hydrogens (primary N) is 1. The Morgan fingerprint density at radius 3 is 2.32 bits per heavy atom. The first kappa shape index (κ1) is 16.1. The van der Waals surface area contributed by atoms with Gasteiger partial charge in [-0.3, -0.25) is 0 Å². The molecule has 0 saturated heterocycles. The highest BCUT2D eigenvalue weighted by atomic mass is 35.5. The first-order valence-electron chi connectivity index (χ1n) is 6.31. The summed E-state index contributed by atoms with van der Waals surface area (Å²) in [7, 11) is 0. The average Bonchev–Trinajstić information content (AvgIpc) is 2.49. The van der Waals surface area contributed by atoms with Crippen LogP contribution in [-0.2, 0) is 19.4 Å². The summed E-state index contributed by atoms with van der Waals surface area (Å²) in [5.74, 6) is 0. The van der Waals surface area contributed by atoms with Gasteiger partial charge in [0.25, 0.3) is 0 Å². The summed E-state index contributed by atoms with van der Waals surface area (Å²) < 4.78 is 0. The number of fused-ring (bicyclic) bond motifs is 1. The Morgan fingerprint density at radius 2 is 1.74 bits per heavy atom. The van der Waals surface area contributed by atoms with Gasteiger partial charge in [0, 0.05) is 25.3 Å². The largest absolute Gasteiger partial charge is 0.371 e. The number of allylic oxidation sites excluding steroid dienone is 3. The van der Waals surface area contributed by atoms with Gasteiger partial charge < -0.3 is 10.6 Å². The molecule has 0 aromatic heterocycles. The van der Waals surface area contributed by atoms with Crippen LogP contribution < -0.4 is 5.73 Å². The lowest BCUT2D eigenvalue weighted by Crippen LogP contribution is -2.26. The van der Waals surface area contributed by atoms with Crippen molar-refractivity contribution in [3.63, 3.8) is 0 Å². The molecule has 2 N–H and O–H groups in total. The van der Waals surface area contributed by atoms with Crippen molar-refractivity contribution in [2.24, 2.45) is 5.73 Å². The molecular formula is C15H20Cl2N2. The van der Waals surface area contributed by atoms with E-state index in [1.165, 1.54) is 22.4 Å². The smallest absolute Gasteiger partial charge is 0.0366 e. The number of hydrogen-bond donors (Lipinski definition) is 1. The van der Waals surface area contributed by atoms with E-state index < -0.39 is 0 Å². The van der Waals surface area contributed by atoms with Crippen molar-refractivity contribution in [2.75, 3.05) is 13.1 Å². The number of rotatable bonds is 2. The third kappa shape index (κ3) is 3.33. The summed E-state index contributed by atoms with van der Waals surface area (Å²) in [4.78, 5) is 2.47. The maximum Gasteiger partial charge on any atom is 0.0366 e. The van der Waals surface area contributed by atoms with E-state index in [9.17, 15) is 0 Å². The van der Waals surface area contributed by atoms with Crippen LogP contribution in [-0.4, -0.2) is 18.0 Å². The van der Waals surface area contributed by atoms with Crippen LogP contribution in [0.4, 0.5) is 0 Å². The first-order chi connectivity index (χ1) is 8.36. The van der Waals surface area contributed by atoms with E-state index in [0.29, 0.717) is 6.54 Å². The molecule has 0 spiro atoms. The van der Waals surface area contributed by atoms with Gasteiger partial charge in [0.05, 0.1) is 0 Å². The van der Waals surface area contributed by atoms with E-state index >= 15 is 0 Å². The monoisotopic (exact) mass is 298 g/mol. The Labute approximate surface area is 127 Å². The first-order valence-corrected chi connectivity index (χ1v) is 6.31. The van der Waals surface area contributed by atoms with Crippen molar-refractivity contribution in [3.8, 4) is 0 Å². The second-order valence-corrected chi connectivity index (χ2v) is 4.74. The predicted molar refractivity (Wildman–Crippen MR) is 85.0 cm³/mol. The number of benzene rings is 1. The summed E-state index contributed by atoms with van der Waals surface area (Å²) in [6, 6.07) is 6.70. The molecule has 1 aliphatic heterocycles. The second-order valence-electron chi connectivity index (χ2n) is 4.74. The number of halogens is 2. The van der Waals surface area contributed by atoms with Crippen LogP contribution >= 0.6 is 24.8 Å². The van der Waals surface area contributed by atoms with Crippen molar-refractivity contribution >= 4 is 24.8 Å². The van der Waals surface area contributed by atoms with E-state index in [1.54, 1.807) is 0 Å². The quantitative estimate of drug-likeness (QED) is 0.910. The lowest BCUT2D eigenvalue weighted by Gasteiger charge is -2.26. The molecule has 0 unspecified atom stereocenters. The highest BCUT2D eigenvalue weighted by Crippen LogP contribution is 2.22. The molecule has 0 fully saturated rings. The third-order valence-electron chi connectivity index (χ3n) is 3.71. The molecule has 0 amide bonds.